The van der Waals surface area contributed by atoms with Crippen molar-refractivity contribution in [2.45, 2.75) is 17.8 Å². The number of nitrogens with zero attached hydrogens (tertiary/aromatic N) is 3. The summed E-state index contributed by atoms with van der Waals surface area (Å²) in [5.41, 5.74) is 5.32. The summed E-state index contributed by atoms with van der Waals surface area (Å²) >= 11 is 1.71. The van der Waals surface area contributed by atoms with Gasteiger partial charge in [-0.1, -0.05) is 30.0 Å². The lowest BCUT2D eigenvalue weighted by Crippen LogP contribution is -1.91. The van der Waals surface area contributed by atoms with Crippen LogP contribution in [0, 0.1) is 18.3 Å². The number of hydrogen-bond donors (Lipinski definition) is 0. The number of hydrogen-bond acceptors (Lipinski definition) is 3. The van der Waals surface area contributed by atoms with Crippen molar-refractivity contribution in [3.8, 4) is 6.07 Å². The Morgan fingerprint density at radius 1 is 1.19 bits per heavy atom. The Kier molecular flexibility index (Phi) is 3.68. The van der Waals surface area contributed by atoms with Gasteiger partial charge in [0.1, 0.15) is 0 Å². The van der Waals surface area contributed by atoms with E-state index in [1.807, 2.05) is 31.3 Å². The van der Waals surface area contributed by atoms with Gasteiger partial charge in [-0.25, -0.2) is 4.98 Å². The first-order valence-corrected chi connectivity index (χ1v) is 7.71. The number of thioether (sulfide) groups is 1. The molecule has 3 nitrogen and oxygen atoms in total. The second kappa shape index (κ2) is 5.63. The molecule has 0 fully saturated rings. The Hall–Kier alpha value is -2.25. The van der Waals surface area contributed by atoms with E-state index >= 15 is 0 Å². The molecule has 0 saturated carbocycles. The van der Waals surface area contributed by atoms with Crippen molar-refractivity contribution in [3.63, 3.8) is 0 Å². The van der Waals surface area contributed by atoms with Crippen LogP contribution >= 0.6 is 11.8 Å². The number of benzene rings is 2. The quantitative estimate of drug-likeness (QED) is 0.684. The third kappa shape index (κ3) is 2.79. The molecule has 3 rings (SSSR count). The Morgan fingerprint density at radius 3 is 2.67 bits per heavy atom. The minimum Gasteiger partial charge on any atom is -0.322 e. The Bertz CT molecular complexity index is 826. The van der Waals surface area contributed by atoms with Crippen LogP contribution in [0.3, 0.4) is 0 Å². The van der Waals surface area contributed by atoms with E-state index < -0.39 is 0 Å². The average molecular weight is 293 g/mol. The second-order valence-corrected chi connectivity index (χ2v) is 5.99. The summed E-state index contributed by atoms with van der Waals surface area (Å²) in [6.07, 6.45) is 0. The fourth-order valence-corrected chi connectivity index (χ4v) is 3.18. The molecule has 1 aromatic heterocycles. The predicted octanol–water partition coefficient (Wildman–Crippen LogP) is 4.05. The maximum absolute atomic E-state index is 8.81. The van der Waals surface area contributed by atoms with Crippen LogP contribution in [-0.4, -0.2) is 9.55 Å². The Labute approximate surface area is 128 Å². The lowest BCUT2D eigenvalue weighted by molar-refractivity contribution is 0.815. The zero-order chi connectivity index (χ0) is 14.8. The first-order valence-electron chi connectivity index (χ1n) is 6.72. The summed E-state index contributed by atoms with van der Waals surface area (Å²) in [7, 11) is 2.05. The highest BCUT2D eigenvalue weighted by Crippen LogP contribution is 2.26. The number of fused-ring (bicyclic) bond motifs is 1. The molecule has 3 aromatic rings. The first-order chi connectivity index (χ1) is 10.2. The van der Waals surface area contributed by atoms with Gasteiger partial charge in [0.15, 0.2) is 5.16 Å². The monoisotopic (exact) mass is 293 g/mol. The predicted molar refractivity (Wildman–Crippen MR) is 86.2 cm³/mol. The molecule has 0 bridgehead atoms. The van der Waals surface area contributed by atoms with E-state index in [1.165, 1.54) is 11.1 Å². The van der Waals surface area contributed by atoms with E-state index in [2.05, 4.69) is 35.8 Å². The summed E-state index contributed by atoms with van der Waals surface area (Å²) < 4.78 is 2.13. The first kappa shape index (κ1) is 13.7. The van der Waals surface area contributed by atoms with Crippen LogP contribution < -0.4 is 0 Å². The van der Waals surface area contributed by atoms with Crippen molar-refractivity contribution in [2.75, 3.05) is 0 Å². The molecule has 0 aliphatic heterocycles. The van der Waals surface area contributed by atoms with Gasteiger partial charge in [0.05, 0.1) is 22.7 Å². The maximum Gasteiger partial charge on any atom is 0.169 e. The van der Waals surface area contributed by atoms with Gasteiger partial charge in [0.25, 0.3) is 0 Å². The number of aromatic nitrogens is 2. The van der Waals surface area contributed by atoms with Crippen LogP contribution in [0.5, 0.6) is 0 Å². The molecule has 4 heteroatoms. The smallest absolute Gasteiger partial charge is 0.169 e. The van der Waals surface area contributed by atoms with Crippen molar-refractivity contribution in [2.24, 2.45) is 7.05 Å². The molecule has 0 atom stereocenters. The van der Waals surface area contributed by atoms with Crippen molar-refractivity contribution < 1.29 is 0 Å². The summed E-state index contributed by atoms with van der Waals surface area (Å²) in [4.78, 5) is 4.70. The Balaban J connectivity index is 1.81. The molecule has 1 heterocycles. The normalized spacial score (nSPS) is 10.7. The molecule has 21 heavy (non-hydrogen) atoms. The Morgan fingerprint density at radius 2 is 1.95 bits per heavy atom. The van der Waals surface area contributed by atoms with E-state index in [0.717, 1.165) is 21.9 Å². The molecular formula is C17H15N3S. The van der Waals surface area contributed by atoms with E-state index in [9.17, 15) is 0 Å². The third-order valence-corrected chi connectivity index (χ3v) is 4.55. The molecule has 104 valence electrons. The summed E-state index contributed by atoms with van der Waals surface area (Å²) in [5.74, 6) is 0.849. The van der Waals surface area contributed by atoms with Gasteiger partial charge in [0.2, 0.25) is 0 Å². The van der Waals surface area contributed by atoms with Crippen LogP contribution in [0.1, 0.15) is 16.7 Å². The molecule has 0 N–H and O–H groups in total. The molecule has 0 amide bonds. The van der Waals surface area contributed by atoms with Gasteiger partial charge in [-0.15, -0.1) is 0 Å². The van der Waals surface area contributed by atoms with Gasteiger partial charge in [-0.05, 0) is 42.3 Å². The fourth-order valence-electron chi connectivity index (χ4n) is 2.24. The standard InChI is InChI=1S/C17H15N3S/c1-12-3-8-16-15(9-12)19-17(20(16)2)21-11-14-6-4-13(10-18)5-7-14/h3-9H,11H2,1-2H3. The van der Waals surface area contributed by atoms with Crippen LogP contribution in [-0.2, 0) is 12.8 Å². The molecule has 0 saturated heterocycles. The van der Waals surface area contributed by atoms with Gasteiger partial charge >= 0.3 is 0 Å². The van der Waals surface area contributed by atoms with Gasteiger partial charge < -0.3 is 4.57 Å². The van der Waals surface area contributed by atoms with Crippen LogP contribution in [0.15, 0.2) is 47.6 Å². The molecule has 0 radical (unpaired) electrons. The van der Waals surface area contributed by atoms with E-state index in [1.54, 1.807) is 11.8 Å². The van der Waals surface area contributed by atoms with Gasteiger partial charge in [0, 0.05) is 12.8 Å². The highest BCUT2D eigenvalue weighted by atomic mass is 32.2. The minimum absolute atomic E-state index is 0.696. The molecular weight excluding hydrogens is 278 g/mol. The molecule has 0 unspecified atom stereocenters. The number of nitriles is 1. The van der Waals surface area contributed by atoms with Crippen LogP contribution in [0.2, 0.25) is 0 Å². The number of aryl methyl sites for hydroxylation is 2. The van der Waals surface area contributed by atoms with Crippen molar-refractivity contribution in [1.29, 1.82) is 5.26 Å². The lowest BCUT2D eigenvalue weighted by Gasteiger charge is -2.02. The SMILES string of the molecule is Cc1ccc2c(c1)nc(SCc1ccc(C#N)cc1)n2C. The summed E-state index contributed by atoms with van der Waals surface area (Å²) in [6.45, 7) is 2.08. The minimum atomic E-state index is 0.696. The molecule has 0 aliphatic rings. The molecule has 0 aliphatic carbocycles. The van der Waals surface area contributed by atoms with Crippen LogP contribution in [0.4, 0.5) is 0 Å². The van der Waals surface area contributed by atoms with Crippen molar-refractivity contribution in [3.05, 3.63) is 59.2 Å². The number of imidazole rings is 1. The zero-order valence-corrected chi connectivity index (χ0v) is 12.8. The van der Waals surface area contributed by atoms with E-state index in [0.29, 0.717) is 5.56 Å². The highest BCUT2D eigenvalue weighted by molar-refractivity contribution is 7.98. The van der Waals surface area contributed by atoms with Gasteiger partial charge in [-0.3, -0.25) is 0 Å². The summed E-state index contributed by atoms with van der Waals surface area (Å²) in [6, 6.07) is 16.2. The third-order valence-electron chi connectivity index (χ3n) is 3.45. The second-order valence-electron chi connectivity index (χ2n) is 5.04. The summed E-state index contributed by atoms with van der Waals surface area (Å²) in [5, 5.41) is 9.82. The van der Waals surface area contributed by atoms with Crippen molar-refractivity contribution in [1.82, 2.24) is 9.55 Å². The topological polar surface area (TPSA) is 41.6 Å². The highest BCUT2D eigenvalue weighted by Gasteiger charge is 2.08. The van der Waals surface area contributed by atoms with E-state index in [4.69, 9.17) is 10.2 Å². The lowest BCUT2D eigenvalue weighted by atomic mass is 10.2. The van der Waals surface area contributed by atoms with E-state index in [-0.39, 0.29) is 0 Å². The van der Waals surface area contributed by atoms with Gasteiger partial charge in [-0.2, -0.15) is 5.26 Å². The largest absolute Gasteiger partial charge is 0.322 e. The molecule has 0 spiro atoms. The average Bonchev–Trinajstić information content (AvgIpc) is 2.81. The fraction of sp³-hybridized carbons (Fsp3) is 0.176. The van der Waals surface area contributed by atoms with Crippen LogP contribution in [0.25, 0.3) is 11.0 Å². The zero-order valence-electron chi connectivity index (χ0n) is 12.0. The number of rotatable bonds is 3. The maximum atomic E-state index is 8.81. The molecule has 2 aromatic carbocycles. The van der Waals surface area contributed by atoms with Crippen molar-refractivity contribution >= 4 is 22.8 Å².